The fraction of sp³-hybridized carbons (Fsp3) is 0.476. The van der Waals surface area contributed by atoms with Gasteiger partial charge in [-0.2, -0.15) is 0 Å². The molecule has 0 saturated carbocycles. The number of nitrogens with zero attached hydrogens (tertiary/aromatic N) is 5. The highest BCUT2D eigenvalue weighted by Crippen LogP contribution is 2.41. The molecule has 2 aliphatic rings. The molecule has 1 spiro atoms. The lowest BCUT2D eigenvalue weighted by molar-refractivity contribution is 0.0607. The fourth-order valence-corrected chi connectivity index (χ4v) is 5.08. The van der Waals surface area contributed by atoms with Gasteiger partial charge in [0.1, 0.15) is 16.6 Å². The van der Waals surface area contributed by atoms with E-state index in [0.29, 0.717) is 10.6 Å². The quantitative estimate of drug-likeness (QED) is 0.727. The van der Waals surface area contributed by atoms with Crippen LogP contribution < -0.4 is 4.90 Å². The van der Waals surface area contributed by atoms with Crippen LogP contribution in [-0.2, 0) is 6.54 Å². The van der Waals surface area contributed by atoms with Gasteiger partial charge in [0.25, 0.3) is 0 Å². The molecule has 0 unspecified atom stereocenters. The lowest BCUT2D eigenvalue weighted by Gasteiger charge is -2.48. The number of aromatic amines is 1. The average molecular weight is 397 g/mol. The maximum Gasteiger partial charge on any atom is 0.149 e. The van der Waals surface area contributed by atoms with Gasteiger partial charge < -0.3 is 9.88 Å². The van der Waals surface area contributed by atoms with Crippen molar-refractivity contribution >= 4 is 28.5 Å². The summed E-state index contributed by atoms with van der Waals surface area (Å²) in [5, 5.41) is 1.71. The zero-order valence-electron chi connectivity index (χ0n) is 15.9. The van der Waals surface area contributed by atoms with E-state index in [1.54, 1.807) is 6.20 Å². The summed E-state index contributed by atoms with van der Waals surface area (Å²) in [5.41, 5.74) is 2.76. The summed E-state index contributed by atoms with van der Waals surface area (Å²) in [4.78, 5) is 21.3. The number of likely N-dealkylation sites (tertiary alicyclic amines) is 1. The van der Waals surface area contributed by atoms with Crippen LogP contribution in [-0.4, -0.2) is 51.0 Å². The number of nitrogens with one attached hydrogen (secondary N) is 1. The van der Waals surface area contributed by atoms with Gasteiger partial charge in [-0.1, -0.05) is 11.6 Å². The highest BCUT2D eigenvalue weighted by atomic mass is 35.5. The van der Waals surface area contributed by atoms with Gasteiger partial charge in [-0.25, -0.2) is 9.97 Å². The first-order valence-electron chi connectivity index (χ1n) is 10.1. The molecule has 3 aromatic heterocycles. The molecule has 2 aliphatic heterocycles. The SMILES string of the molecule is Clc1cncc(N2CCC3(CCCN(Cc4c[nH]c5ncccc45)C3)CC2)n1. The smallest absolute Gasteiger partial charge is 0.149 e. The van der Waals surface area contributed by atoms with E-state index in [2.05, 4.69) is 42.0 Å². The van der Waals surface area contributed by atoms with E-state index in [0.717, 1.165) is 31.1 Å². The molecule has 28 heavy (non-hydrogen) atoms. The van der Waals surface area contributed by atoms with Gasteiger partial charge in [0.05, 0.1) is 12.4 Å². The third-order valence-corrected chi connectivity index (χ3v) is 6.59. The van der Waals surface area contributed by atoms with Crippen molar-refractivity contribution in [2.75, 3.05) is 31.1 Å². The third-order valence-electron chi connectivity index (χ3n) is 6.41. The number of pyridine rings is 1. The van der Waals surface area contributed by atoms with E-state index in [4.69, 9.17) is 11.6 Å². The summed E-state index contributed by atoms with van der Waals surface area (Å²) >= 11 is 6.02. The molecule has 0 bridgehead atoms. The van der Waals surface area contributed by atoms with Crippen LogP contribution in [0.4, 0.5) is 5.82 Å². The molecule has 0 radical (unpaired) electrons. The van der Waals surface area contributed by atoms with Gasteiger partial charge >= 0.3 is 0 Å². The van der Waals surface area contributed by atoms with Gasteiger partial charge in [0.15, 0.2) is 0 Å². The fourth-order valence-electron chi connectivity index (χ4n) is 4.93. The zero-order chi connectivity index (χ0) is 19.0. The van der Waals surface area contributed by atoms with E-state index in [9.17, 15) is 0 Å². The Morgan fingerprint density at radius 3 is 2.89 bits per heavy atom. The summed E-state index contributed by atoms with van der Waals surface area (Å²) < 4.78 is 0. The van der Waals surface area contributed by atoms with E-state index < -0.39 is 0 Å². The lowest BCUT2D eigenvalue weighted by atomic mass is 9.72. The molecule has 2 fully saturated rings. The number of H-pyrrole nitrogens is 1. The molecule has 1 N–H and O–H groups in total. The standard InChI is InChI=1S/C21H25ClN6/c22-18-12-23-13-19(26-18)28-9-5-21(6-10-28)4-2-8-27(15-21)14-16-11-25-20-17(16)3-1-7-24-20/h1,3,7,11-13H,2,4-6,8-10,14-15H2,(H,24,25). The van der Waals surface area contributed by atoms with Crippen molar-refractivity contribution in [1.82, 2.24) is 24.8 Å². The first-order chi connectivity index (χ1) is 13.7. The molecular formula is C21H25ClN6. The summed E-state index contributed by atoms with van der Waals surface area (Å²) in [6.07, 6.45) is 12.4. The Balaban J connectivity index is 1.26. The van der Waals surface area contributed by atoms with Crippen molar-refractivity contribution in [3.8, 4) is 0 Å². The van der Waals surface area contributed by atoms with Crippen molar-refractivity contribution in [2.45, 2.75) is 32.2 Å². The largest absolute Gasteiger partial charge is 0.355 e. The van der Waals surface area contributed by atoms with Crippen LogP contribution in [0.1, 0.15) is 31.2 Å². The Labute approximate surface area is 169 Å². The van der Waals surface area contributed by atoms with Crippen molar-refractivity contribution in [3.05, 3.63) is 47.6 Å². The number of aromatic nitrogens is 4. The Bertz CT molecular complexity index is 962. The first kappa shape index (κ1) is 17.9. The van der Waals surface area contributed by atoms with Crippen molar-refractivity contribution < 1.29 is 0 Å². The maximum absolute atomic E-state index is 6.02. The number of halogens is 1. The molecule has 0 atom stereocenters. The van der Waals surface area contributed by atoms with E-state index in [1.165, 1.54) is 49.7 Å². The summed E-state index contributed by atoms with van der Waals surface area (Å²) in [7, 11) is 0. The number of rotatable bonds is 3. The zero-order valence-corrected chi connectivity index (χ0v) is 16.7. The second-order valence-corrected chi connectivity index (χ2v) is 8.60. The number of anilines is 1. The van der Waals surface area contributed by atoms with Crippen LogP contribution in [0.15, 0.2) is 36.9 Å². The van der Waals surface area contributed by atoms with Gasteiger partial charge in [-0.3, -0.25) is 9.88 Å². The predicted molar refractivity (Wildman–Crippen MR) is 112 cm³/mol. The summed E-state index contributed by atoms with van der Waals surface area (Å²) in [6, 6.07) is 4.18. The summed E-state index contributed by atoms with van der Waals surface area (Å²) in [6.45, 7) is 5.41. The van der Waals surface area contributed by atoms with Crippen LogP contribution in [0.2, 0.25) is 5.15 Å². The van der Waals surface area contributed by atoms with Crippen LogP contribution >= 0.6 is 11.6 Å². The topological polar surface area (TPSA) is 60.9 Å². The number of hydrogen-bond donors (Lipinski definition) is 1. The van der Waals surface area contributed by atoms with E-state index in [-0.39, 0.29) is 0 Å². The first-order valence-corrected chi connectivity index (χ1v) is 10.4. The molecule has 5 heterocycles. The minimum absolute atomic E-state index is 0.422. The minimum atomic E-state index is 0.422. The Morgan fingerprint density at radius 1 is 1.14 bits per heavy atom. The van der Waals surface area contributed by atoms with Crippen LogP contribution in [0.3, 0.4) is 0 Å². The van der Waals surface area contributed by atoms with E-state index in [1.807, 2.05) is 18.5 Å². The Morgan fingerprint density at radius 2 is 2.04 bits per heavy atom. The van der Waals surface area contributed by atoms with Crippen LogP contribution in [0.5, 0.6) is 0 Å². The molecule has 0 aromatic carbocycles. The van der Waals surface area contributed by atoms with Gasteiger partial charge in [-0.05, 0) is 55.3 Å². The molecule has 3 aromatic rings. The van der Waals surface area contributed by atoms with Gasteiger partial charge in [0, 0.05) is 44.0 Å². The number of piperidine rings is 2. The minimum Gasteiger partial charge on any atom is -0.355 e. The van der Waals surface area contributed by atoms with Crippen molar-refractivity contribution in [2.24, 2.45) is 5.41 Å². The Kier molecular flexibility index (Phi) is 4.69. The molecule has 5 rings (SSSR count). The monoisotopic (exact) mass is 396 g/mol. The van der Waals surface area contributed by atoms with Crippen molar-refractivity contribution in [3.63, 3.8) is 0 Å². The predicted octanol–water partition coefficient (Wildman–Crippen LogP) is 3.89. The third kappa shape index (κ3) is 3.47. The normalized spacial score (nSPS) is 20.1. The molecule has 0 amide bonds. The highest BCUT2D eigenvalue weighted by molar-refractivity contribution is 6.29. The second kappa shape index (κ2) is 7.33. The molecule has 6 nitrogen and oxygen atoms in total. The van der Waals surface area contributed by atoms with E-state index >= 15 is 0 Å². The lowest BCUT2D eigenvalue weighted by Crippen LogP contribution is -2.49. The highest BCUT2D eigenvalue weighted by Gasteiger charge is 2.38. The average Bonchev–Trinajstić information content (AvgIpc) is 3.12. The van der Waals surface area contributed by atoms with Crippen LogP contribution in [0, 0.1) is 5.41 Å². The number of fused-ring (bicyclic) bond motifs is 1. The molecule has 0 aliphatic carbocycles. The molecular weight excluding hydrogens is 372 g/mol. The van der Waals surface area contributed by atoms with Gasteiger partial charge in [0.2, 0.25) is 0 Å². The number of hydrogen-bond acceptors (Lipinski definition) is 5. The summed E-state index contributed by atoms with van der Waals surface area (Å²) in [5.74, 6) is 0.904. The van der Waals surface area contributed by atoms with Gasteiger partial charge in [-0.15, -0.1) is 0 Å². The maximum atomic E-state index is 6.02. The molecule has 2 saturated heterocycles. The van der Waals surface area contributed by atoms with Crippen molar-refractivity contribution in [1.29, 1.82) is 0 Å². The van der Waals surface area contributed by atoms with Crippen LogP contribution in [0.25, 0.3) is 11.0 Å². The molecule has 7 heteroatoms. The Hall–Kier alpha value is -2.18. The second-order valence-electron chi connectivity index (χ2n) is 8.21. The molecule has 146 valence electrons.